The fraction of sp³-hybridized carbons (Fsp3) is 0.533. The summed E-state index contributed by atoms with van der Waals surface area (Å²) in [5.74, 6) is -0.698. The number of hydrogen-bond donors (Lipinski definition) is 1. The zero-order chi connectivity index (χ0) is 13.8. The van der Waals surface area contributed by atoms with Crippen molar-refractivity contribution in [1.82, 2.24) is 4.90 Å². The standard InChI is InChI=1S/C15H20BrNO2/c1-11(13-7-2-3-8-14(13)16)17-9-5-4-6-12(17)10-15(18)19/h2-3,7-8,11-12H,4-6,9-10H2,1H3,(H,18,19). The van der Waals surface area contributed by atoms with E-state index in [1.165, 1.54) is 5.56 Å². The van der Waals surface area contributed by atoms with E-state index >= 15 is 0 Å². The summed E-state index contributed by atoms with van der Waals surface area (Å²) in [6.45, 7) is 3.15. The van der Waals surface area contributed by atoms with Crippen LogP contribution in [0.25, 0.3) is 0 Å². The van der Waals surface area contributed by atoms with E-state index in [-0.39, 0.29) is 18.5 Å². The van der Waals surface area contributed by atoms with Crippen molar-refractivity contribution in [2.24, 2.45) is 0 Å². The molecular weight excluding hydrogens is 306 g/mol. The van der Waals surface area contributed by atoms with E-state index in [4.69, 9.17) is 5.11 Å². The molecule has 0 bridgehead atoms. The van der Waals surface area contributed by atoms with Gasteiger partial charge in [-0.1, -0.05) is 40.5 Å². The molecule has 1 aromatic carbocycles. The van der Waals surface area contributed by atoms with E-state index in [0.717, 1.165) is 30.3 Å². The van der Waals surface area contributed by atoms with Crippen molar-refractivity contribution in [3.63, 3.8) is 0 Å². The van der Waals surface area contributed by atoms with Crippen molar-refractivity contribution in [3.05, 3.63) is 34.3 Å². The fourth-order valence-electron chi connectivity index (χ4n) is 2.95. The molecule has 1 aromatic rings. The molecule has 19 heavy (non-hydrogen) atoms. The fourth-order valence-corrected chi connectivity index (χ4v) is 3.56. The van der Waals surface area contributed by atoms with Crippen LogP contribution in [0.2, 0.25) is 0 Å². The van der Waals surface area contributed by atoms with Crippen LogP contribution in [0.4, 0.5) is 0 Å². The molecule has 104 valence electrons. The highest BCUT2D eigenvalue weighted by Crippen LogP contribution is 2.33. The molecule has 1 saturated heterocycles. The second-order valence-electron chi connectivity index (χ2n) is 5.18. The maximum atomic E-state index is 11.0. The van der Waals surface area contributed by atoms with Crippen molar-refractivity contribution in [2.45, 2.75) is 44.7 Å². The Morgan fingerprint density at radius 3 is 2.89 bits per heavy atom. The van der Waals surface area contributed by atoms with Crippen LogP contribution in [-0.2, 0) is 4.79 Å². The molecule has 2 rings (SSSR count). The van der Waals surface area contributed by atoms with Crippen LogP contribution in [0.5, 0.6) is 0 Å². The van der Waals surface area contributed by atoms with Gasteiger partial charge in [0.2, 0.25) is 0 Å². The van der Waals surface area contributed by atoms with E-state index in [1.54, 1.807) is 0 Å². The molecule has 0 spiro atoms. The van der Waals surface area contributed by atoms with Crippen LogP contribution in [0.1, 0.15) is 44.2 Å². The van der Waals surface area contributed by atoms with E-state index < -0.39 is 5.97 Å². The molecule has 1 N–H and O–H groups in total. The van der Waals surface area contributed by atoms with Gasteiger partial charge in [0.25, 0.3) is 0 Å². The van der Waals surface area contributed by atoms with E-state index in [1.807, 2.05) is 18.2 Å². The second-order valence-corrected chi connectivity index (χ2v) is 6.04. The van der Waals surface area contributed by atoms with Gasteiger partial charge in [0.15, 0.2) is 0 Å². The van der Waals surface area contributed by atoms with Gasteiger partial charge in [-0.25, -0.2) is 0 Å². The molecule has 0 amide bonds. The van der Waals surface area contributed by atoms with Gasteiger partial charge in [-0.3, -0.25) is 9.69 Å². The summed E-state index contributed by atoms with van der Waals surface area (Å²) in [6.07, 6.45) is 3.53. The minimum absolute atomic E-state index is 0.161. The lowest BCUT2D eigenvalue weighted by Gasteiger charge is -2.39. The van der Waals surface area contributed by atoms with Gasteiger partial charge in [0.1, 0.15) is 0 Å². The number of likely N-dealkylation sites (tertiary alicyclic amines) is 1. The molecule has 3 nitrogen and oxygen atoms in total. The van der Waals surface area contributed by atoms with Crippen LogP contribution in [0.15, 0.2) is 28.7 Å². The third kappa shape index (κ3) is 3.57. The zero-order valence-corrected chi connectivity index (χ0v) is 12.8. The van der Waals surface area contributed by atoms with Crippen LogP contribution in [0, 0.1) is 0 Å². The minimum Gasteiger partial charge on any atom is -0.481 e. The molecule has 0 aliphatic carbocycles. The number of rotatable bonds is 4. The Bertz CT molecular complexity index is 450. The highest BCUT2D eigenvalue weighted by molar-refractivity contribution is 9.10. The van der Waals surface area contributed by atoms with Gasteiger partial charge in [-0.15, -0.1) is 0 Å². The summed E-state index contributed by atoms with van der Waals surface area (Å²) >= 11 is 3.59. The van der Waals surface area contributed by atoms with E-state index in [2.05, 4.69) is 33.8 Å². The van der Waals surface area contributed by atoms with Crippen molar-refractivity contribution >= 4 is 21.9 Å². The first-order valence-electron chi connectivity index (χ1n) is 6.81. The van der Waals surface area contributed by atoms with Gasteiger partial charge in [-0.2, -0.15) is 0 Å². The maximum Gasteiger partial charge on any atom is 0.304 e. The van der Waals surface area contributed by atoms with Crippen LogP contribution in [0.3, 0.4) is 0 Å². The average Bonchev–Trinajstić information content (AvgIpc) is 2.38. The van der Waals surface area contributed by atoms with Gasteiger partial charge < -0.3 is 5.11 Å². The van der Waals surface area contributed by atoms with Crippen LogP contribution in [-0.4, -0.2) is 28.6 Å². The number of nitrogens with zero attached hydrogens (tertiary/aromatic N) is 1. The van der Waals surface area contributed by atoms with Gasteiger partial charge >= 0.3 is 5.97 Å². The monoisotopic (exact) mass is 325 g/mol. The molecule has 0 radical (unpaired) electrons. The smallest absolute Gasteiger partial charge is 0.304 e. The number of carboxylic acid groups (broad SMARTS) is 1. The summed E-state index contributed by atoms with van der Waals surface area (Å²) in [5.41, 5.74) is 1.24. The highest BCUT2D eigenvalue weighted by atomic mass is 79.9. The molecule has 1 fully saturated rings. The quantitative estimate of drug-likeness (QED) is 0.914. The van der Waals surface area contributed by atoms with Gasteiger partial charge in [0, 0.05) is 16.6 Å². The Kier molecular flexibility index (Phi) is 4.99. The Morgan fingerprint density at radius 1 is 1.47 bits per heavy atom. The van der Waals surface area contributed by atoms with Crippen LogP contribution < -0.4 is 0 Å². The molecule has 2 atom stereocenters. The SMILES string of the molecule is CC(c1ccccc1Br)N1CCCCC1CC(=O)O. The third-order valence-corrected chi connectivity index (χ3v) is 4.66. The molecule has 1 heterocycles. The average molecular weight is 326 g/mol. The number of hydrogen-bond acceptors (Lipinski definition) is 2. The zero-order valence-electron chi connectivity index (χ0n) is 11.2. The molecule has 0 aromatic heterocycles. The van der Waals surface area contributed by atoms with E-state index in [0.29, 0.717) is 0 Å². The molecule has 1 aliphatic heterocycles. The number of carboxylic acids is 1. The molecule has 2 unspecified atom stereocenters. The summed E-state index contributed by atoms with van der Waals surface area (Å²) in [7, 11) is 0. The lowest BCUT2D eigenvalue weighted by molar-refractivity contribution is -0.139. The van der Waals surface area contributed by atoms with Crippen molar-refractivity contribution in [3.8, 4) is 0 Å². The summed E-state index contributed by atoms with van der Waals surface area (Å²) in [4.78, 5) is 13.3. The predicted molar refractivity (Wildman–Crippen MR) is 79.2 cm³/mol. The van der Waals surface area contributed by atoms with Crippen molar-refractivity contribution in [1.29, 1.82) is 0 Å². The Morgan fingerprint density at radius 2 is 2.21 bits per heavy atom. The predicted octanol–water partition coefficient (Wildman–Crippen LogP) is 3.84. The second kappa shape index (κ2) is 6.53. The van der Waals surface area contributed by atoms with E-state index in [9.17, 15) is 4.79 Å². The topological polar surface area (TPSA) is 40.5 Å². The van der Waals surface area contributed by atoms with Crippen LogP contribution >= 0.6 is 15.9 Å². The normalized spacial score (nSPS) is 22.1. The van der Waals surface area contributed by atoms with Crippen molar-refractivity contribution in [2.75, 3.05) is 6.54 Å². The molecule has 0 saturated carbocycles. The lowest BCUT2D eigenvalue weighted by atomic mass is 9.95. The summed E-state index contributed by atoms with van der Waals surface area (Å²) in [5, 5.41) is 9.05. The molecular formula is C15H20BrNO2. The number of halogens is 1. The number of piperidine rings is 1. The maximum absolute atomic E-state index is 11.0. The van der Waals surface area contributed by atoms with Gasteiger partial charge in [0.05, 0.1) is 6.42 Å². The molecule has 1 aliphatic rings. The first-order valence-corrected chi connectivity index (χ1v) is 7.61. The Labute approximate surface area is 122 Å². The highest BCUT2D eigenvalue weighted by Gasteiger charge is 2.29. The lowest BCUT2D eigenvalue weighted by Crippen LogP contribution is -2.42. The Balaban J connectivity index is 2.17. The van der Waals surface area contributed by atoms with Crippen molar-refractivity contribution < 1.29 is 9.90 Å². The number of benzene rings is 1. The number of carbonyl (C=O) groups is 1. The first kappa shape index (κ1) is 14.5. The third-order valence-electron chi connectivity index (χ3n) is 3.94. The largest absolute Gasteiger partial charge is 0.481 e. The molecule has 4 heteroatoms. The number of aliphatic carboxylic acids is 1. The first-order chi connectivity index (χ1) is 9.09. The van der Waals surface area contributed by atoms with Gasteiger partial charge in [-0.05, 0) is 37.9 Å². The Hall–Kier alpha value is -0.870. The summed E-state index contributed by atoms with van der Waals surface area (Å²) < 4.78 is 1.10. The minimum atomic E-state index is -0.698. The summed E-state index contributed by atoms with van der Waals surface area (Å²) in [6, 6.07) is 8.61.